The van der Waals surface area contributed by atoms with Crippen molar-refractivity contribution in [1.29, 1.82) is 0 Å². The van der Waals surface area contributed by atoms with E-state index in [1.165, 1.54) is 6.07 Å². The number of hydrogen-bond acceptors (Lipinski definition) is 5. The largest absolute Gasteiger partial charge is 0.508 e. The maximum absolute atomic E-state index is 13.1. The predicted octanol–water partition coefficient (Wildman–Crippen LogP) is 6.56. The van der Waals surface area contributed by atoms with Crippen molar-refractivity contribution in [2.75, 3.05) is 29.9 Å². The first-order chi connectivity index (χ1) is 18.9. The second-order valence-corrected chi connectivity index (χ2v) is 11.0. The lowest BCUT2D eigenvalue weighted by atomic mass is 9.91. The van der Waals surface area contributed by atoms with Crippen LogP contribution in [-0.2, 0) is 4.79 Å². The van der Waals surface area contributed by atoms with Gasteiger partial charge < -0.3 is 25.2 Å². The van der Waals surface area contributed by atoms with E-state index in [0.29, 0.717) is 40.4 Å². The Labute approximate surface area is 233 Å². The lowest BCUT2D eigenvalue weighted by Gasteiger charge is -2.34. The first-order valence-corrected chi connectivity index (χ1v) is 13.8. The van der Waals surface area contributed by atoms with E-state index >= 15 is 0 Å². The number of aromatic hydroxyl groups is 1. The van der Waals surface area contributed by atoms with Crippen LogP contribution in [0.25, 0.3) is 0 Å². The van der Waals surface area contributed by atoms with Gasteiger partial charge >= 0.3 is 5.97 Å². The van der Waals surface area contributed by atoms with E-state index in [-0.39, 0.29) is 24.0 Å². The van der Waals surface area contributed by atoms with Gasteiger partial charge in [0.05, 0.1) is 24.3 Å². The molecule has 1 atom stereocenters. The summed E-state index contributed by atoms with van der Waals surface area (Å²) in [4.78, 5) is 26.6. The highest BCUT2D eigenvalue weighted by Crippen LogP contribution is 2.45. The molecule has 0 radical (unpaired) electrons. The van der Waals surface area contributed by atoms with Crippen LogP contribution < -0.4 is 15.0 Å². The SMILES string of the molecule is O=C(O)CC(c1cccc(OCC2CCN(c3cc(O)ccc3C(=O)Nc3cccc(Cl)c3)CC2)c1)C1CC1. The number of benzene rings is 3. The maximum Gasteiger partial charge on any atom is 0.303 e. The summed E-state index contributed by atoms with van der Waals surface area (Å²) in [6, 6.07) is 19.7. The molecule has 1 saturated carbocycles. The molecule has 3 aromatic rings. The number of hydrogen-bond donors (Lipinski definition) is 3. The number of phenolic OH excluding ortho intramolecular Hbond substituents is 1. The first-order valence-electron chi connectivity index (χ1n) is 13.4. The monoisotopic (exact) mass is 548 g/mol. The van der Waals surface area contributed by atoms with Crippen LogP contribution in [0.1, 0.15) is 53.9 Å². The molecule has 1 saturated heterocycles. The molecule has 8 heteroatoms. The minimum absolute atomic E-state index is 0.0434. The quantitative estimate of drug-likeness (QED) is 0.265. The van der Waals surface area contributed by atoms with Crippen LogP contribution in [0.2, 0.25) is 5.02 Å². The number of phenols is 1. The summed E-state index contributed by atoms with van der Waals surface area (Å²) < 4.78 is 6.16. The van der Waals surface area contributed by atoms with Gasteiger partial charge in [-0.25, -0.2) is 0 Å². The lowest BCUT2D eigenvalue weighted by Crippen LogP contribution is -2.36. The van der Waals surface area contributed by atoms with Gasteiger partial charge in [0, 0.05) is 29.9 Å². The minimum Gasteiger partial charge on any atom is -0.508 e. The molecular formula is C31H33ClN2O5. The molecule has 5 rings (SSSR count). The molecule has 1 unspecified atom stereocenters. The number of carbonyl (C=O) groups is 2. The van der Waals surface area contributed by atoms with Gasteiger partial charge in [-0.05, 0) is 91.5 Å². The van der Waals surface area contributed by atoms with Crippen molar-refractivity contribution in [2.45, 2.75) is 38.0 Å². The van der Waals surface area contributed by atoms with E-state index < -0.39 is 5.97 Å². The molecule has 0 aromatic heterocycles. The molecule has 1 aliphatic heterocycles. The van der Waals surface area contributed by atoms with Crippen molar-refractivity contribution in [3.63, 3.8) is 0 Å². The third-order valence-electron chi connectivity index (χ3n) is 7.62. The average molecular weight is 549 g/mol. The molecule has 39 heavy (non-hydrogen) atoms. The van der Waals surface area contributed by atoms with Crippen molar-refractivity contribution < 1.29 is 24.5 Å². The van der Waals surface area contributed by atoms with E-state index in [0.717, 1.165) is 50.1 Å². The number of nitrogens with zero attached hydrogens (tertiary/aromatic N) is 1. The number of carboxylic acids is 1. The summed E-state index contributed by atoms with van der Waals surface area (Å²) in [6.07, 6.45) is 4.10. The van der Waals surface area contributed by atoms with E-state index in [2.05, 4.69) is 10.2 Å². The Morgan fingerprint density at radius 1 is 1.00 bits per heavy atom. The molecule has 1 aliphatic carbocycles. The molecular weight excluding hydrogens is 516 g/mol. The molecule has 2 fully saturated rings. The molecule has 1 amide bonds. The van der Waals surface area contributed by atoms with E-state index in [1.807, 2.05) is 24.3 Å². The molecule has 2 aliphatic rings. The summed E-state index contributed by atoms with van der Waals surface area (Å²) >= 11 is 6.06. The Bertz CT molecular complexity index is 1330. The van der Waals surface area contributed by atoms with Crippen molar-refractivity contribution >= 4 is 34.9 Å². The Hall–Kier alpha value is -3.71. The zero-order chi connectivity index (χ0) is 27.4. The molecule has 1 heterocycles. The van der Waals surface area contributed by atoms with E-state index in [9.17, 15) is 19.8 Å². The Morgan fingerprint density at radius 3 is 2.49 bits per heavy atom. The highest BCUT2D eigenvalue weighted by atomic mass is 35.5. The molecule has 0 spiro atoms. The van der Waals surface area contributed by atoms with Crippen LogP contribution in [0.3, 0.4) is 0 Å². The molecule has 3 aromatic carbocycles. The number of piperidine rings is 1. The second-order valence-electron chi connectivity index (χ2n) is 10.5. The fraction of sp³-hybridized carbons (Fsp3) is 0.355. The Balaban J connectivity index is 1.19. The van der Waals surface area contributed by atoms with Gasteiger partial charge in [0.25, 0.3) is 5.91 Å². The van der Waals surface area contributed by atoms with E-state index in [1.54, 1.807) is 36.4 Å². The van der Waals surface area contributed by atoms with Crippen LogP contribution in [0.5, 0.6) is 11.5 Å². The first kappa shape index (κ1) is 26.9. The normalized spacial score (nSPS) is 16.5. The summed E-state index contributed by atoms with van der Waals surface area (Å²) in [6.45, 7) is 2.04. The topological polar surface area (TPSA) is 99.1 Å². The van der Waals surface area contributed by atoms with Gasteiger partial charge in [-0.3, -0.25) is 9.59 Å². The van der Waals surface area contributed by atoms with Crippen molar-refractivity contribution in [3.05, 3.63) is 82.9 Å². The number of amides is 1. The number of carboxylic acid groups (broad SMARTS) is 1. The highest BCUT2D eigenvalue weighted by molar-refractivity contribution is 6.31. The molecule has 3 N–H and O–H groups in total. The minimum atomic E-state index is -0.762. The fourth-order valence-corrected chi connectivity index (χ4v) is 5.56. The summed E-state index contributed by atoms with van der Waals surface area (Å²) in [5.41, 5.74) is 2.84. The standard InChI is InChI=1S/C31H33ClN2O5/c32-23-4-2-5-24(16-23)33-31(38)27-10-9-25(35)17-29(27)34-13-11-20(12-14-34)19-39-26-6-1-3-22(15-26)28(18-30(36)37)21-7-8-21/h1-6,9-10,15-17,20-21,28,35H,7-8,11-14,18-19H2,(H,33,38)(H,36,37). The van der Waals surface area contributed by atoms with Crippen molar-refractivity contribution in [1.82, 2.24) is 0 Å². The number of rotatable bonds is 10. The number of halogens is 1. The van der Waals surface area contributed by atoms with Gasteiger partial charge in [-0.2, -0.15) is 0 Å². The zero-order valence-electron chi connectivity index (χ0n) is 21.7. The molecule has 204 valence electrons. The van der Waals surface area contributed by atoms with Gasteiger partial charge in [0.2, 0.25) is 0 Å². The van der Waals surface area contributed by atoms with Gasteiger partial charge in [0.15, 0.2) is 0 Å². The third-order valence-corrected chi connectivity index (χ3v) is 7.86. The van der Waals surface area contributed by atoms with Crippen LogP contribution in [-0.4, -0.2) is 41.8 Å². The Morgan fingerprint density at radius 2 is 1.77 bits per heavy atom. The number of aliphatic carboxylic acids is 1. The zero-order valence-corrected chi connectivity index (χ0v) is 22.4. The van der Waals surface area contributed by atoms with Crippen LogP contribution in [0.15, 0.2) is 66.7 Å². The highest BCUT2D eigenvalue weighted by Gasteiger charge is 2.34. The van der Waals surface area contributed by atoms with Crippen LogP contribution in [0.4, 0.5) is 11.4 Å². The third kappa shape index (κ3) is 7.03. The number of carbonyl (C=O) groups excluding carboxylic acids is 1. The van der Waals surface area contributed by atoms with Gasteiger partial charge in [-0.15, -0.1) is 0 Å². The smallest absolute Gasteiger partial charge is 0.303 e. The average Bonchev–Trinajstić information content (AvgIpc) is 3.76. The number of anilines is 2. The number of ether oxygens (including phenoxy) is 1. The molecule has 0 bridgehead atoms. The number of nitrogens with one attached hydrogen (secondary N) is 1. The fourth-order valence-electron chi connectivity index (χ4n) is 5.37. The maximum atomic E-state index is 13.1. The molecule has 7 nitrogen and oxygen atoms in total. The van der Waals surface area contributed by atoms with Gasteiger partial charge in [0.1, 0.15) is 11.5 Å². The van der Waals surface area contributed by atoms with Crippen LogP contribution in [0, 0.1) is 11.8 Å². The summed E-state index contributed by atoms with van der Waals surface area (Å²) in [7, 11) is 0. The van der Waals surface area contributed by atoms with Crippen molar-refractivity contribution in [2.24, 2.45) is 11.8 Å². The lowest BCUT2D eigenvalue weighted by molar-refractivity contribution is -0.137. The predicted molar refractivity (Wildman–Crippen MR) is 152 cm³/mol. The van der Waals surface area contributed by atoms with E-state index in [4.69, 9.17) is 16.3 Å². The second kappa shape index (κ2) is 12.0. The summed E-state index contributed by atoms with van der Waals surface area (Å²) in [5.74, 6) is 0.717. The Kier molecular flexibility index (Phi) is 8.27. The van der Waals surface area contributed by atoms with Crippen molar-refractivity contribution in [3.8, 4) is 11.5 Å². The van der Waals surface area contributed by atoms with Gasteiger partial charge in [-0.1, -0.05) is 29.8 Å². The summed E-state index contributed by atoms with van der Waals surface area (Å²) in [5, 5.41) is 22.9. The van der Waals surface area contributed by atoms with Crippen LogP contribution >= 0.6 is 11.6 Å².